The predicted octanol–water partition coefficient (Wildman–Crippen LogP) is 4.06. The van der Waals surface area contributed by atoms with Crippen molar-refractivity contribution in [1.82, 2.24) is 0 Å². The third-order valence-electron chi connectivity index (χ3n) is 2.61. The largest absolute Gasteiger partial charge is 0.493 e. The third kappa shape index (κ3) is 3.44. The molecule has 0 bridgehead atoms. The first-order valence-electron chi connectivity index (χ1n) is 6.01. The molecule has 1 heterocycles. The topological polar surface area (TPSA) is 43.6 Å². The fraction of sp³-hybridized carbons (Fsp3) is 0.286. The Bertz CT molecular complexity index is 539. The number of nitrogens with one attached hydrogen (secondary N) is 1. The van der Waals surface area contributed by atoms with Crippen molar-refractivity contribution in [3.63, 3.8) is 0 Å². The number of hydrogen-bond acceptors (Lipinski definition) is 4. The molecule has 0 aliphatic rings. The molecule has 0 saturated carbocycles. The Labute approximate surface area is 120 Å². The minimum atomic E-state index is 0.602. The van der Waals surface area contributed by atoms with Crippen LogP contribution in [-0.4, -0.2) is 13.7 Å². The van der Waals surface area contributed by atoms with Crippen LogP contribution in [0.2, 0.25) is 0 Å². The van der Waals surface area contributed by atoms with Crippen molar-refractivity contribution < 1.29 is 13.9 Å². The van der Waals surface area contributed by atoms with E-state index in [0.29, 0.717) is 18.9 Å². The fourth-order valence-corrected chi connectivity index (χ4v) is 2.03. The van der Waals surface area contributed by atoms with Gasteiger partial charge in [0, 0.05) is 11.8 Å². The molecule has 102 valence electrons. The van der Waals surface area contributed by atoms with E-state index in [0.717, 1.165) is 21.7 Å². The molecule has 0 atom stereocenters. The van der Waals surface area contributed by atoms with Crippen molar-refractivity contribution in [2.75, 3.05) is 19.0 Å². The highest BCUT2D eigenvalue weighted by atomic mass is 79.9. The lowest BCUT2D eigenvalue weighted by atomic mass is 10.2. The second-order valence-electron chi connectivity index (χ2n) is 3.84. The molecule has 4 nitrogen and oxygen atoms in total. The number of rotatable bonds is 6. The van der Waals surface area contributed by atoms with Crippen LogP contribution in [-0.2, 0) is 6.54 Å². The summed E-state index contributed by atoms with van der Waals surface area (Å²) >= 11 is 3.42. The van der Waals surface area contributed by atoms with Gasteiger partial charge >= 0.3 is 0 Å². The first kappa shape index (κ1) is 13.8. The van der Waals surface area contributed by atoms with Gasteiger partial charge in [-0.3, -0.25) is 0 Å². The van der Waals surface area contributed by atoms with E-state index < -0.39 is 0 Å². The number of anilines is 1. The molecule has 1 aromatic heterocycles. The van der Waals surface area contributed by atoms with Crippen LogP contribution in [0.25, 0.3) is 0 Å². The minimum absolute atomic E-state index is 0.602. The number of halogens is 1. The maximum atomic E-state index is 5.47. The molecule has 19 heavy (non-hydrogen) atoms. The Balaban J connectivity index is 2.07. The molecule has 0 fully saturated rings. The van der Waals surface area contributed by atoms with Gasteiger partial charge < -0.3 is 19.2 Å². The Morgan fingerprint density at radius 3 is 2.74 bits per heavy atom. The first-order chi connectivity index (χ1) is 9.24. The lowest BCUT2D eigenvalue weighted by molar-refractivity contribution is 0.311. The molecule has 0 radical (unpaired) electrons. The molecule has 0 saturated heterocycles. The first-order valence-corrected chi connectivity index (χ1v) is 6.80. The number of hydrogen-bond donors (Lipinski definition) is 1. The molecule has 1 N–H and O–H groups in total. The molecule has 2 aromatic rings. The van der Waals surface area contributed by atoms with Crippen LogP contribution in [0.15, 0.2) is 39.4 Å². The summed E-state index contributed by atoms with van der Waals surface area (Å²) < 4.78 is 17.1. The van der Waals surface area contributed by atoms with Crippen molar-refractivity contribution in [1.29, 1.82) is 0 Å². The van der Waals surface area contributed by atoms with Crippen molar-refractivity contribution in [2.45, 2.75) is 13.5 Å². The number of ether oxygens (including phenoxy) is 2. The number of furan rings is 1. The van der Waals surface area contributed by atoms with Gasteiger partial charge in [-0.2, -0.15) is 0 Å². The maximum absolute atomic E-state index is 5.47. The van der Waals surface area contributed by atoms with E-state index in [1.54, 1.807) is 13.4 Å². The van der Waals surface area contributed by atoms with E-state index in [1.807, 2.05) is 31.2 Å². The predicted molar refractivity (Wildman–Crippen MR) is 77.9 cm³/mol. The highest BCUT2D eigenvalue weighted by Crippen LogP contribution is 2.30. The summed E-state index contributed by atoms with van der Waals surface area (Å²) in [6.45, 7) is 3.16. The average molecular weight is 326 g/mol. The molecule has 0 aliphatic carbocycles. The highest BCUT2D eigenvalue weighted by molar-refractivity contribution is 9.10. The van der Waals surface area contributed by atoms with Crippen molar-refractivity contribution in [3.8, 4) is 11.5 Å². The van der Waals surface area contributed by atoms with Crippen LogP contribution in [0.4, 0.5) is 5.69 Å². The fourth-order valence-electron chi connectivity index (χ4n) is 1.69. The van der Waals surface area contributed by atoms with E-state index in [9.17, 15) is 0 Å². The summed E-state index contributed by atoms with van der Waals surface area (Å²) in [7, 11) is 1.63. The zero-order chi connectivity index (χ0) is 13.7. The van der Waals surface area contributed by atoms with Crippen LogP contribution in [0.5, 0.6) is 11.5 Å². The quantitative estimate of drug-likeness (QED) is 0.869. The van der Waals surface area contributed by atoms with Crippen molar-refractivity contribution in [2.24, 2.45) is 0 Å². The summed E-state index contributed by atoms with van der Waals surface area (Å²) in [5, 5.41) is 3.27. The SMILES string of the molecule is CCOc1ccc(NCc2occc2Br)cc1OC. The van der Waals surface area contributed by atoms with Gasteiger partial charge in [0.2, 0.25) is 0 Å². The van der Waals surface area contributed by atoms with Crippen LogP contribution in [0.3, 0.4) is 0 Å². The van der Waals surface area contributed by atoms with Crippen LogP contribution < -0.4 is 14.8 Å². The van der Waals surface area contributed by atoms with E-state index in [4.69, 9.17) is 13.9 Å². The van der Waals surface area contributed by atoms with Crippen molar-refractivity contribution >= 4 is 21.6 Å². The van der Waals surface area contributed by atoms with E-state index >= 15 is 0 Å². The highest BCUT2D eigenvalue weighted by Gasteiger charge is 2.07. The molecule has 0 amide bonds. The Hall–Kier alpha value is -1.62. The van der Waals surface area contributed by atoms with E-state index in [1.165, 1.54) is 0 Å². The molecule has 0 aliphatic heterocycles. The lowest BCUT2D eigenvalue weighted by Crippen LogP contribution is -2.00. The van der Waals surface area contributed by atoms with E-state index in [2.05, 4.69) is 21.2 Å². The second kappa shape index (κ2) is 6.52. The molecule has 5 heteroatoms. The lowest BCUT2D eigenvalue weighted by Gasteiger charge is -2.11. The molecule has 1 aromatic carbocycles. The molecular formula is C14H16BrNO3. The maximum Gasteiger partial charge on any atom is 0.162 e. The van der Waals surface area contributed by atoms with Crippen LogP contribution in [0.1, 0.15) is 12.7 Å². The number of methoxy groups -OCH3 is 1. The number of benzene rings is 1. The summed E-state index contributed by atoms with van der Waals surface area (Å²) in [4.78, 5) is 0. The van der Waals surface area contributed by atoms with Gasteiger partial charge in [0.25, 0.3) is 0 Å². The smallest absolute Gasteiger partial charge is 0.162 e. The zero-order valence-electron chi connectivity index (χ0n) is 10.9. The second-order valence-corrected chi connectivity index (χ2v) is 4.70. The molecule has 2 rings (SSSR count). The van der Waals surface area contributed by atoms with E-state index in [-0.39, 0.29) is 0 Å². The summed E-state index contributed by atoms with van der Waals surface area (Å²) in [5.74, 6) is 2.31. The summed E-state index contributed by atoms with van der Waals surface area (Å²) in [6.07, 6.45) is 1.65. The van der Waals surface area contributed by atoms with Gasteiger partial charge in [-0.1, -0.05) is 0 Å². The molecule has 0 unspecified atom stereocenters. The summed E-state index contributed by atoms with van der Waals surface area (Å²) in [6, 6.07) is 7.61. The summed E-state index contributed by atoms with van der Waals surface area (Å²) in [5.41, 5.74) is 0.948. The van der Waals surface area contributed by atoms with Gasteiger partial charge in [-0.15, -0.1) is 0 Å². The van der Waals surface area contributed by atoms with Gasteiger partial charge in [0.05, 0.1) is 31.0 Å². The van der Waals surface area contributed by atoms with Crippen LogP contribution in [0, 0.1) is 0 Å². The van der Waals surface area contributed by atoms with Gasteiger partial charge in [0.15, 0.2) is 11.5 Å². The Morgan fingerprint density at radius 1 is 1.26 bits per heavy atom. The van der Waals surface area contributed by atoms with Gasteiger partial charge in [-0.25, -0.2) is 0 Å². The zero-order valence-corrected chi connectivity index (χ0v) is 12.5. The monoisotopic (exact) mass is 325 g/mol. The molecular weight excluding hydrogens is 310 g/mol. The van der Waals surface area contributed by atoms with Gasteiger partial charge in [0.1, 0.15) is 5.76 Å². The average Bonchev–Trinajstić information content (AvgIpc) is 2.83. The molecule has 0 spiro atoms. The Kier molecular flexibility index (Phi) is 4.74. The van der Waals surface area contributed by atoms with Gasteiger partial charge in [-0.05, 0) is 41.1 Å². The third-order valence-corrected chi connectivity index (χ3v) is 3.31. The standard InChI is InChI=1S/C14H16BrNO3/c1-3-18-12-5-4-10(8-13(12)17-2)16-9-14-11(15)6-7-19-14/h4-8,16H,3,9H2,1-2H3. The van der Waals surface area contributed by atoms with Crippen molar-refractivity contribution in [3.05, 3.63) is 40.8 Å². The minimum Gasteiger partial charge on any atom is -0.493 e. The normalized spacial score (nSPS) is 10.3. The Morgan fingerprint density at radius 2 is 2.11 bits per heavy atom. The van der Waals surface area contributed by atoms with Crippen LogP contribution >= 0.6 is 15.9 Å².